The Morgan fingerprint density at radius 3 is 2.80 bits per heavy atom. The van der Waals surface area contributed by atoms with Crippen LogP contribution in [0.1, 0.15) is 35.2 Å². The van der Waals surface area contributed by atoms with E-state index in [1.165, 1.54) is 10.9 Å². The molecular weight excluding hydrogens is 438 g/mol. The molecule has 1 atom stereocenters. The Kier molecular flexibility index (Phi) is 7.91. The molecule has 0 saturated carbocycles. The number of pyridine rings is 1. The van der Waals surface area contributed by atoms with E-state index in [0.29, 0.717) is 18.1 Å². The summed E-state index contributed by atoms with van der Waals surface area (Å²) >= 11 is 0. The molecule has 0 N–H and O–H groups in total. The average Bonchev–Trinajstić information content (AvgIpc) is 3.15. The predicted octanol–water partition coefficient (Wildman–Crippen LogP) is 4.43. The summed E-state index contributed by atoms with van der Waals surface area (Å²) in [6.07, 6.45) is 6.16. The molecular formula is C29H35N3O3. The second kappa shape index (κ2) is 11.6. The molecule has 1 aromatic heterocycles. The van der Waals surface area contributed by atoms with Crippen LogP contribution in [0.5, 0.6) is 5.75 Å². The van der Waals surface area contributed by atoms with E-state index in [1.54, 1.807) is 0 Å². The summed E-state index contributed by atoms with van der Waals surface area (Å²) in [6, 6.07) is 18.2. The number of carbonyl (C=O) groups is 1. The number of benzene rings is 2. The lowest BCUT2D eigenvalue weighted by atomic mass is 9.91. The fourth-order valence-corrected chi connectivity index (χ4v) is 5.24. The van der Waals surface area contributed by atoms with Crippen molar-refractivity contribution in [2.45, 2.75) is 25.7 Å². The number of rotatable bonds is 7. The number of likely N-dealkylation sites (tertiary alicyclic amines) is 1. The number of carbonyl (C=O) groups excluding carboxylic acids is 1. The average molecular weight is 474 g/mol. The van der Waals surface area contributed by atoms with Gasteiger partial charge in [0.25, 0.3) is 5.91 Å². The summed E-state index contributed by atoms with van der Waals surface area (Å²) < 4.78 is 11.4. The molecule has 6 heteroatoms. The van der Waals surface area contributed by atoms with E-state index in [1.807, 2.05) is 41.4 Å². The Balaban J connectivity index is 1.16. The van der Waals surface area contributed by atoms with Crippen molar-refractivity contribution in [3.05, 3.63) is 71.9 Å². The van der Waals surface area contributed by atoms with Crippen LogP contribution < -0.4 is 4.74 Å². The summed E-state index contributed by atoms with van der Waals surface area (Å²) in [4.78, 5) is 22.2. The normalized spacial score (nSPS) is 19.4. The molecule has 0 aliphatic carbocycles. The summed E-state index contributed by atoms with van der Waals surface area (Å²) in [7, 11) is 0. The van der Waals surface area contributed by atoms with Gasteiger partial charge in [-0.25, -0.2) is 0 Å². The predicted molar refractivity (Wildman–Crippen MR) is 138 cm³/mol. The first kappa shape index (κ1) is 23.8. The van der Waals surface area contributed by atoms with Crippen LogP contribution in [0.4, 0.5) is 0 Å². The standard InChI is InChI=1S/C29H35N3O3/c33-29(25-6-3-7-26(22-25)35-20-17-31-15-18-34-19-16-31)32-13-4-5-23(11-14-32)21-24-10-12-30-28-9-2-1-8-27(24)28/h1-3,6-10,12,22-23H,4-5,11,13-21H2. The summed E-state index contributed by atoms with van der Waals surface area (Å²) in [5, 5.41) is 1.25. The molecule has 2 aliphatic heterocycles. The minimum absolute atomic E-state index is 0.110. The SMILES string of the molecule is O=C(c1cccc(OCCN2CCOCC2)c1)N1CCCC(Cc2ccnc3ccccc23)CC1. The van der Waals surface area contributed by atoms with Crippen molar-refractivity contribution < 1.29 is 14.3 Å². The van der Waals surface area contributed by atoms with Gasteiger partial charge in [-0.2, -0.15) is 0 Å². The lowest BCUT2D eigenvalue weighted by Gasteiger charge is -2.26. The van der Waals surface area contributed by atoms with E-state index in [9.17, 15) is 4.79 Å². The van der Waals surface area contributed by atoms with Gasteiger partial charge in [-0.1, -0.05) is 24.3 Å². The van der Waals surface area contributed by atoms with Crippen LogP contribution in [0.2, 0.25) is 0 Å². The second-order valence-corrected chi connectivity index (χ2v) is 9.61. The van der Waals surface area contributed by atoms with E-state index in [-0.39, 0.29) is 5.91 Å². The summed E-state index contributed by atoms with van der Waals surface area (Å²) in [6.45, 7) is 6.60. The van der Waals surface area contributed by atoms with Crippen molar-refractivity contribution >= 4 is 16.8 Å². The van der Waals surface area contributed by atoms with Gasteiger partial charge in [0.05, 0.1) is 18.7 Å². The Morgan fingerprint density at radius 1 is 1.00 bits per heavy atom. The lowest BCUT2D eigenvalue weighted by molar-refractivity contribution is 0.0322. The quantitative estimate of drug-likeness (QED) is 0.508. The largest absolute Gasteiger partial charge is 0.492 e. The molecule has 0 bridgehead atoms. The number of amides is 1. The van der Waals surface area contributed by atoms with Crippen molar-refractivity contribution in [1.82, 2.24) is 14.8 Å². The molecule has 2 aromatic carbocycles. The number of fused-ring (bicyclic) bond motifs is 1. The molecule has 35 heavy (non-hydrogen) atoms. The van der Waals surface area contributed by atoms with Gasteiger partial charge >= 0.3 is 0 Å². The maximum Gasteiger partial charge on any atom is 0.253 e. The van der Waals surface area contributed by atoms with E-state index in [0.717, 1.165) is 82.9 Å². The van der Waals surface area contributed by atoms with Crippen LogP contribution in [0.25, 0.3) is 10.9 Å². The smallest absolute Gasteiger partial charge is 0.253 e. The van der Waals surface area contributed by atoms with Crippen LogP contribution in [-0.2, 0) is 11.2 Å². The van der Waals surface area contributed by atoms with Crippen LogP contribution >= 0.6 is 0 Å². The van der Waals surface area contributed by atoms with Crippen molar-refractivity contribution in [2.24, 2.45) is 5.92 Å². The highest BCUT2D eigenvalue weighted by Gasteiger charge is 2.22. The molecule has 2 fully saturated rings. The highest BCUT2D eigenvalue weighted by atomic mass is 16.5. The molecule has 2 saturated heterocycles. The molecule has 3 heterocycles. The number of ether oxygens (including phenoxy) is 2. The summed E-state index contributed by atoms with van der Waals surface area (Å²) in [5.41, 5.74) is 3.14. The Morgan fingerprint density at radius 2 is 1.89 bits per heavy atom. The van der Waals surface area contributed by atoms with E-state index in [4.69, 9.17) is 9.47 Å². The highest BCUT2D eigenvalue weighted by Crippen LogP contribution is 2.26. The monoisotopic (exact) mass is 473 g/mol. The van der Waals surface area contributed by atoms with Gasteiger partial charge in [0.1, 0.15) is 12.4 Å². The van der Waals surface area contributed by atoms with Gasteiger partial charge in [-0.05, 0) is 67.5 Å². The number of aromatic nitrogens is 1. The van der Waals surface area contributed by atoms with Crippen LogP contribution in [0.3, 0.4) is 0 Å². The molecule has 0 spiro atoms. The molecule has 184 valence electrons. The Bertz CT molecular complexity index is 1120. The van der Waals surface area contributed by atoms with Crippen molar-refractivity contribution in [3.63, 3.8) is 0 Å². The van der Waals surface area contributed by atoms with Crippen molar-refractivity contribution in [1.29, 1.82) is 0 Å². The minimum Gasteiger partial charge on any atom is -0.492 e. The van der Waals surface area contributed by atoms with Gasteiger partial charge in [-0.3, -0.25) is 14.7 Å². The summed E-state index contributed by atoms with van der Waals surface area (Å²) in [5.74, 6) is 1.45. The van der Waals surface area contributed by atoms with E-state index < -0.39 is 0 Å². The van der Waals surface area contributed by atoms with E-state index >= 15 is 0 Å². The fraction of sp³-hybridized carbons (Fsp3) is 0.448. The molecule has 1 amide bonds. The first-order chi connectivity index (χ1) is 17.3. The van der Waals surface area contributed by atoms with Crippen LogP contribution in [-0.4, -0.2) is 73.2 Å². The zero-order valence-corrected chi connectivity index (χ0v) is 20.4. The molecule has 6 nitrogen and oxygen atoms in total. The second-order valence-electron chi connectivity index (χ2n) is 9.61. The molecule has 5 rings (SSSR count). The minimum atomic E-state index is 0.110. The molecule has 0 radical (unpaired) electrons. The van der Waals surface area contributed by atoms with Crippen molar-refractivity contribution in [2.75, 3.05) is 52.5 Å². The number of para-hydroxylation sites is 1. The third-order valence-electron chi connectivity index (χ3n) is 7.24. The molecule has 1 unspecified atom stereocenters. The number of nitrogens with zero attached hydrogens (tertiary/aromatic N) is 3. The van der Waals surface area contributed by atoms with Gasteiger partial charge in [0.2, 0.25) is 0 Å². The Hall–Kier alpha value is -2.96. The molecule has 2 aliphatic rings. The number of hydrogen-bond donors (Lipinski definition) is 0. The zero-order valence-electron chi connectivity index (χ0n) is 20.4. The van der Waals surface area contributed by atoms with E-state index in [2.05, 4.69) is 34.1 Å². The van der Waals surface area contributed by atoms with Gasteiger partial charge in [0.15, 0.2) is 0 Å². The molecule has 3 aromatic rings. The first-order valence-corrected chi connectivity index (χ1v) is 12.9. The third kappa shape index (κ3) is 6.19. The third-order valence-corrected chi connectivity index (χ3v) is 7.24. The Labute approximate surface area is 207 Å². The number of morpholine rings is 1. The maximum absolute atomic E-state index is 13.3. The lowest BCUT2D eigenvalue weighted by Crippen LogP contribution is -2.38. The van der Waals surface area contributed by atoms with Gasteiger partial charge < -0.3 is 14.4 Å². The highest BCUT2D eigenvalue weighted by molar-refractivity contribution is 5.94. The van der Waals surface area contributed by atoms with Crippen molar-refractivity contribution in [3.8, 4) is 5.75 Å². The first-order valence-electron chi connectivity index (χ1n) is 12.9. The van der Waals surface area contributed by atoms with Gasteiger partial charge in [0, 0.05) is 49.9 Å². The maximum atomic E-state index is 13.3. The zero-order chi connectivity index (χ0) is 23.9. The number of hydrogen-bond acceptors (Lipinski definition) is 5. The van der Waals surface area contributed by atoms with Crippen LogP contribution in [0.15, 0.2) is 60.8 Å². The fourth-order valence-electron chi connectivity index (χ4n) is 5.24. The topological polar surface area (TPSA) is 54.9 Å². The van der Waals surface area contributed by atoms with Crippen LogP contribution in [0, 0.1) is 5.92 Å². The van der Waals surface area contributed by atoms with Gasteiger partial charge in [-0.15, -0.1) is 0 Å².